The number of imidazole rings is 1. The van der Waals surface area contributed by atoms with E-state index in [-0.39, 0.29) is 0 Å². The van der Waals surface area contributed by atoms with Crippen LogP contribution in [0.2, 0.25) is 0 Å². The van der Waals surface area contributed by atoms with E-state index in [2.05, 4.69) is 46.9 Å². The molecule has 1 fully saturated rings. The fourth-order valence-electron chi connectivity index (χ4n) is 2.76. The highest BCUT2D eigenvalue weighted by atomic mass is 15.0. The van der Waals surface area contributed by atoms with Crippen molar-refractivity contribution in [2.45, 2.75) is 32.1 Å². The molecule has 1 aliphatic rings. The quantitative estimate of drug-likeness (QED) is 0.857. The lowest BCUT2D eigenvalue weighted by Gasteiger charge is -2.12. The van der Waals surface area contributed by atoms with Crippen molar-refractivity contribution in [3.63, 3.8) is 0 Å². The Balaban J connectivity index is 2.13. The number of pyridine rings is 1. The Morgan fingerprint density at radius 3 is 3.06 bits per heavy atom. The van der Waals surface area contributed by atoms with Gasteiger partial charge < -0.3 is 9.72 Å². The van der Waals surface area contributed by atoms with Gasteiger partial charge in [0.2, 0.25) is 0 Å². The van der Waals surface area contributed by atoms with Gasteiger partial charge in [-0.1, -0.05) is 19.9 Å². The molecule has 0 spiro atoms. The van der Waals surface area contributed by atoms with Gasteiger partial charge in [-0.25, -0.2) is 4.98 Å². The lowest BCUT2D eigenvalue weighted by molar-refractivity contribution is 0.751. The summed E-state index contributed by atoms with van der Waals surface area (Å²) in [5, 5.41) is 3.44. The fraction of sp³-hybridized carbons (Fsp3) is 0.500. The molecule has 17 heavy (non-hydrogen) atoms. The molecule has 2 aromatic heterocycles. The van der Waals surface area contributed by atoms with Crippen molar-refractivity contribution in [2.75, 3.05) is 13.1 Å². The molecule has 1 aliphatic heterocycles. The Kier molecular flexibility index (Phi) is 2.63. The third kappa shape index (κ3) is 1.75. The first kappa shape index (κ1) is 10.8. The van der Waals surface area contributed by atoms with Crippen molar-refractivity contribution < 1.29 is 0 Å². The van der Waals surface area contributed by atoms with Gasteiger partial charge in [-0.05, 0) is 30.5 Å². The summed E-state index contributed by atoms with van der Waals surface area (Å²) in [4.78, 5) is 4.57. The Bertz CT molecular complexity index is 521. The maximum Gasteiger partial charge on any atom is 0.115 e. The standard InChI is InChI=1S/C14H19N3/c1-10(2)14-16-9-13-12(4-3-7-17(13)14)11-5-6-15-8-11/h3-4,7,9-11,15H,5-6,8H2,1-2H3. The molecule has 2 aromatic rings. The molecule has 0 saturated carbocycles. The Morgan fingerprint density at radius 1 is 1.47 bits per heavy atom. The smallest absolute Gasteiger partial charge is 0.115 e. The van der Waals surface area contributed by atoms with Crippen LogP contribution in [0.4, 0.5) is 0 Å². The molecule has 0 radical (unpaired) electrons. The molecule has 1 saturated heterocycles. The Morgan fingerprint density at radius 2 is 2.35 bits per heavy atom. The van der Waals surface area contributed by atoms with E-state index >= 15 is 0 Å². The third-order valence-electron chi connectivity index (χ3n) is 3.65. The highest BCUT2D eigenvalue weighted by Gasteiger charge is 2.20. The van der Waals surface area contributed by atoms with E-state index in [1.807, 2.05) is 6.20 Å². The van der Waals surface area contributed by atoms with Crippen molar-refractivity contribution in [3.8, 4) is 0 Å². The van der Waals surface area contributed by atoms with Gasteiger partial charge in [0.1, 0.15) is 5.82 Å². The van der Waals surface area contributed by atoms with Crippen LogP contribution in [0.1, 0.15) is 43.5 Å². The molecule has 3 nitrogen and oxygen atoms in total. The second-order valence-corrected chi connectivity index (χ2v) is 5.18. The minimum absolute atomic E-state index is 0.467. The molecule has 0 bridgehead atoms. The summed E-state index contributed by atoms with van der Waals surface area (Å²) in [5.74, 6) is 2.28. The van der Waals surface area contributed by atoms with Crippen LogP contribution >= 0.6 is 0 Å². The van der Waals surface area contributed by atoms with Crippen LogP contribution in [0, 0.1) is 0 Å². The SMILES string of the molecule is CC(C)c1ncc2c(C3CCNC3)cccn12. The number of hydrogen-bond donors (Lipinski definition) is 1. The first-order valence-corrected chi connectivity index (χ1v) is 6.44. The number of nitrogens with one attached hydrogen (secondary N) is 1. The zero-order valence-electron chi connectivity index (χ0n) is 10.5. The van der Waals surface area contributed by atoms with Crippen LogP contribution in [0.15, 0.2) is 24.5 Å². The Hall–Kier alpha value is -1.35. The van der Waals surface area contributed by atoms with Crippen LogP contribution in [-0.4, -0.2) is 22.5 Å². The second-order valence-electron chi connectivity index (χ2n) is 5.18. The molecule has 3 rings (SSSR count). The van der Waals surface area contributed by atoms with Crippen molar-refractivity contribution >= 4 is 5.52 Å². The summed E-state index contributed by atoms with van der Waals surface area (Å²) in [6.07, 6.45) is 5.40. The predicted octanol–water partition coefficient (Wildman–Crippen LogP) is 2.53. The van der Waals surface area contributed by atoms with Gasteiger partial charge in [-0.3, -0.25) is 0 Å². The summed E-state index contributed by atoms with van der Waals surface area (Å²) in [5.41, 5.74) is 2.72. The van der Waals surface area contributed by atoms with Crippen LogP contribution in [0.25, 0.3) is 5.52 Å². The Labute approximate surface area is 102 Å². The molecule has 3 heterocycles. The molecule has 3 heteroatoms. The van der Waals surface area contributed by atoms with Crippen LogP contribution in [0.3, 0.4) is 0 Å². The van der Waals surface area contributed by atoms with E-state index in [0.717, 1.165) is 18.9 Å². The van der Waals surface area contributed by atoms with Crippen LogP contribution < -0.4 is 5.32 Å². The van der Waals surface area contributed by atoms with Crippen LogP contribution in [0.5, 0.6) is 0 Å². The summed E-state index contributed by atoms with van der Waals surface area (Å²) < 4.78 is 2.25. The number of hydrogen-bond acceptors (Lipinski definition) is 2. The van der Waals surface area contributed by atoms with E-state index in [1.54, 1.807) is 0 Å². The maximum atomic E-state index is 4.57. The second kappa shape index (κ2) is 4.15. The number of rotatable bonds is 2. The topological polar surface area (TPSA) is 29.3 Å². The zero-order valence-corrected chi connectivity index (χ0v) is 10.5. The largest absolute Gasteiger partial charge is 0.316 e. The van der Waals surface area contributed by atoms with Gasteiger partial charge >= 0.3 is 0 Å². The first-order valence-electron chi connectivity index (χ1n) is 6.44. The molecule has 1 N–H and O–H groups in total. The van der Waals surface area contributed by atoms with Gasteiger partial charge in [0.15, 0.2) is 0 Å². The number of aromatic nitrogens is 2. The predicted molar refractivity (Wildman–Crippen MR) is 69.5 cm³/mol. The summed E-state index contributed by atoms with van der Waals surface area (Å²) in [6, 6.07) is 4.40. The average Bonchev–Trinajstić information content (AvgIpc) is 2.97. The molecule has 0 aliphatic carbocycles. The molecular formula is C14H19N3. The maximum absolute atomic E-state index is 4.57. The third-order valence-corrected chi connectivity index (χ3v) is 3.65. The van der Waals surface area contributed by atoms with E-state index in [1.165, 1.54) is 17.5 Å². The minimum atomic E-state index is 0.467. The van der Waals surface area contributed by atoms with Crippen molar-refractivity contribution in [2.24, 2.45) is 0 Å². The molecular weight excluding hydrogens is 210 g/mol. The average molecular weight is 229 g/mol. The lowest BCUT2D eigenvalue weighted by atomic mass is 9.98. The summed E-state index contributed by atoms with van der Waals surface area (Å²) in [7, 11) is 0. The van der Waals surface area contributed by atoms with Gasteiger partial charge in [-0.2, -0.15) is 0 Å². The van der Waals surface area contributed by atoms with Crippen molar-refractivity contribution in [3.05, 3.63) is 35.9 Å². The molecule has 0 amide bonds. The molecule has 0 aromatic carbocycles. The van der Waals surface area contributed by atoms with Gasteiger partial charge in [0, 0.05) is 18.7 Å². The van der Waals surface area contributed by atoms with E-state index < -0.39 is 0 Å². The summed E-state index contributed by atoms with van der Waals surface area (Å²) >= 11 is 0. The molecule has 1 atom stereocenters. The highest BCUT2D eigenvalue weighted by Crippen LogP contribution is 2.27. The lowest BCUT2D eigenvalue weighted by Crippen LogP contribution is -2.08. The molecule has 1 unspecified atom stereocenters. The van der Waals surface area contributed by atoms with Crippen molar-refractivity contribution in [1.82, 2.24) is 14.7 Å². The van der Waals surface area contributed by atoms with Crippen LogP contribution in [-0.2, 0) is 0 Å². The monoisotopic (exact) mass is 229 g/mol. The first-order chi connectivity index (χ1) is 8.27. The zero-order chi connectivity index (χ0) is 11.8. The van der Waals surface area contributed by atoms with E-state index in [9.17, 15) is 0 Å². The van der Waals surface area contributed by atoms with E-state index in [0.29, 0.717) is 11.8 Å². The normalized spacial score (nSPS) is 20.5. The van der Waals surface area contributed by atoms with E-state index in [4.69, 9.17) is 0 Å². The van der Waals surface area contributed by atoms with Gasteiger partial charge in [0.25, 0.3) is 0 Å². The fourth-order valence-corrected chi connectivity index (χ4v) is 2.76. The number of nitrogens with zero attached hydrogens (tertiary/aromatic N) is 2. The van der Waals surface area contributed by atoms with Crippen molar-refractivity contribution in [1.29, 1.82) is 0 Å². The number of fused-ring (bicyclic) bond motifs is 1. The van der Waals surface area contributed by atoms with Gasteiger partial charge in [0.05, 0.1) is 11.7 Å². The minimum Gasteiger partial charge on any atom is -0.316 e. The van der Waals surface area contributed by atoms with Gasteiger partial charge in [-0.15, -0.1) is 0 Å². The summed E-state index contributed by atoms with van der Waals surface area (Å²) in [6.45, 7) is 6.62. The highest BCUT2D eigenvalue weighted by molar-refractivity contribution is 5.56. The molecule has 90 valence electrons.